The number of hydrogen-bond acceptors (Lipinski definition) is 9. The fourth-order valence-corrected chi connectivity index (χ4v) is 14.1. The van der Waals surface area contributed by atoms with Crippen molar-refractivity contribution in [2.45, 2.75) is 123 Å². The van der Waals surface area contributed by atoms with E-state index in [0.29, 0.717) is 32.3 Å². The van der Waals surface area contributed by atoms with Crippen molar-refractivity contribution in [2.75, 3.05) is 19.8 Å². The summed E-state index contributed by atoms with van der Waals surface area (Å²) in [5, 5.41) is 64.9. The van der Waals surface area contributed by atoms with Crippen LogP contribution < -0.4 is 0 Å². The number of carbonyl (C=O) groups is 1. The van der Waals surface area contributed by atoms with Crippen molar-refractivity contribution in [1.29, 1.82) is 0 Å². The average Bonchev–Trinajstić information content (AvgIpc) is 3.14. The molecule has 0 spiro atoms. The van der Waals surface area contributed by atoms with Gasteiger partial charge in [-0.3, -0.25) is 4.79 Å². The van der Waals surface area contributed by atoms with Crippen molar-refractivity contribution >= 4 is 5.97 Å². The van der Waals surface area contributed by atoms with E-state index in [-0.39, 0.29) is 71.1 Å². The Hall–Kier alpha value is -2.15. The Bertz CT molecular complexity index is 1660. The van der Waals surface area contributed by atoms with Crippen LogP contribution in [0.5, 0.6) is 0 Å². The second kappa shape index (κ2) is 13.2. The molecule has 6 aliphatic carbocycles. The molecule has 298 valence electrons. The number of aliphatic hydroxyl groups excluding tert-OH is 5. The first-order valence-corrected chi connectivity index (χ1v) is 20.3. The van der Waals surface area contributed by atoms with Gasteiger partial charge in [-0.1, -0.05) is 88.8 Å². The normalized spacial score (nSPS) is 52.0. The number of allylic oxidation sites excluding steroid dienone is 3. The smallest absolute Gasteiger partial charge is 0.310 e. The summed E-state index contributed by atoms with van der Waals surface area (Å²) in [4.78, 5) is 13.2. The van der Waals surface area contributed by atoms with E-state index in [2.05, 4.69) is 52.8 Å². The SMILES string of the molecule is CC1(CO)CCC2(C(=O)O)CCC3(C)C(=CCC4C5(C)C6C=CC(CC43C)C5C(C)(CO)C(OC3OCC(O)C(O)C3O)C6OCc3ccccc3)C2C1. The molecule has 1 aliphatic heterocycles. The second-order valence-corrected chi connectivity index (χ2v) is 19.7. The Labute approximate surface area is 319 Å². The van der Waals surface area contributed by atoms with E-state index in [1.807, 2.05) is 30.3 Å². The Morgan fingerprint density at radius 3 is 2.31 bits per heavy atom. The van der Waals surface area contributed by atoms with Gasteiger partial charge in [0.05, 0.1) is 37.4 Å². The molecule has 4 saturated carbocycles. The van der Waals surface area contributed by atoms with E-state index in [1.165, 1.54) is 5.57 Å². The van der Waals surface area contributed by atoms with Crippen molar-refractivity contribution in [2.24, 2.45) is 62.1 Å². The molecule has 0 radical (unpaired) electrons. The minimum atomic E-state index is -1.49. The zero-order chi connectivity index (χ0) is 38.6. The third-order valence-corrected chi connectivity index (χ3v) is 17.2. The van der Waals surface area contributed by atoms with Crippen LogP contribution in [0.4, 0.5) is 0 Å². The molecule has 17 atom stereocenters. The van der Waals surface area contributed by atoms with Crippen LogP contribution in [0.2, 0.25) is 0 Å². The van der Waals surface area contributed by atoms with Crippen LogP contribution in [-0.2, 0) is 25.6 Å². The zero-order valence-electron chi connectivity index (χ0n) is 32.6. The molecule has 17 unspecified atom stereocenters. The van der Waals surface area contributed by atoms with Crippen LogP contribution in [0, 0.1) is 62.1 Å². The summed E-state index contributed by atoms with van der Waals surface area (Å²) >= 11 is 0. The third kappa shape index (κ3) is 5.23. The molecule has 4 bridgehead atoms. The summed E-state index contributed by atoms with van der Waals surface area (Å²) in [7, 11) is 0. The second-order valence-electron chi connectivity index (χ2n) is 19.7. The summed E-state index contributed by atoms with van der Waals surface area (Å²) in [5.74, 6) is -0.769. The Kier molecular flexibility index (Phi) is 9.46. The molecule has 1 heterocycles. The minimum absolute atomic E-state index is 0.0338. The average molecular weight is 751 g/mol. The van der Waals surface area contributed by atoms with Crippen LogP contribution in [0.1, 0.15) is 85.1 Å². The van der Waals surface area contributed by atoms with Crippen LogP contribution in [0.3, 0.4) is 0 Å². The van der Waals surface area contributed by atoms with E-state index in [0.717, 1.165) is 24.8 Å². The molecule has 6 N–H and O–H groups in total. The largest absolute Gasteiger partial charge is 0.481 e. The molecule has 54 heavy (non-hydrogen) atoms. The zero-order valence-corrected chi connectivity index (χ0v) is 32.6. The van der Waals surface area contributed by atoms with Crippen molar-refractivity contribution < 1.29 is 49.6 Å². The molecular formula is C44H62O10. The van der Waals surface area contributed by atoms with Crippen molar-refractivity contribution in [3.05, 3.63) is 59.7 Å². The van der Waals surface area contributed by atoms with Crippen LogP contribution in [-0.4, -0.2) is 93.2 Å². The maximum absolute atomic E-state index is 13.2. The van der Waals surface area contributed by atoms with Crippen LogP contribution in [0.15, 0.2) is 54.1 Å². The molecule has 5 fully saturated rings. The van der Waals surface area contributed by atoms with E-state index < -0.39 is 53.6 Å². The maximum atomic E-state index is 13.2. The van der Waals surface area contributed by atoms with E-state index in [9.17, 15) is 35.4 Å². The first-order chi connectivity index (χ1) is 25.5. The van der Waals surface area contributed by atoms with Crippen molar-refractivity contribution in [3.63, 3.8) is 0 Å². The molecule has 8 rings (SSSR count). The Morgan fingerprint density at radius 1 is 0.907 bits per heavy atom. The van der Waals surface area contributed by atoms with Gasteiger partial charge in [0.25, 0.3) is 0 Å². The summed E-state index contributed by atoms with van der Waals surface area (Å²) in [6, 6.07) is 9.96. The van der Waals surface area contributed by atoms with Gasteiger partial charge < -0.3 is 44.8 Å². The van der Waals surface area contributed by atoms with Gasteiger partial charge in [0.15, 0.2) is 6.29 Å². The molecule has 10 heteroatoms. The topological polar surface area (TPSA) is 166 Å². The highest BCUT2D eigenvalue weighted by molar-refractivity contribution is 5.76. The van der Waals surface area contributed by atoms with E-state index >= 15 is 0 Å². The van der Waals surface area contributed by atoms with Crippen molar-refractivity contribution in [1.82, 2.24) is 0 Å². The predicted molar refractivity (Wildman–Crippen MR) is 199 cm³/mol. The first-order valence-electron chi connectivity index (χ1n) is 20.3. The highest BCUT2D eigenvalue weighted by Gasteiger charge is 2.75. The van der Waals surface area contributed by atoms with Gasteiger partial charge in [0.2, 0.25) is 0 Å². The molecule has 0 aromatic heterocycles. The number of hydrogen-bond donors (Lipinski definition) is 6. The summed E-state index contributed by atoms with van der Waals surface area (Å²) < 4.78 is 19.6. The number of rotatable bonds is 8. The number of aliphatic hydroxyl groups is 5. The van der Waals surface area contributed by atoms with Gasteiger partial charge in [0.1, 0.15) is 18.3 Å². The van der Waals surface area contributed by atoms with Gasteiger partial charge in [-0.25, -0.2) is 0 Å². The Morgan fingerprint density at radius 2 is 1.63 bits per heavy atom. The number of carboxylic acid groups (broad SMARTS) is 1. The fourth-order valence-electron chi connectivity index (χ4n) is 14.1. The van der Waals surface area contributed by atoms with Gasteiger partial charge in [-0.15, -0.1) is 0 Å². The molecule has 7 aliphatic rings. The highest BCUT2D eigenvalue weighted by Crippen LogP contribution is 2.79. The minimum Gasteiger partial charge on any atom is -0.481 e. The van der Waals surface area contributed by atoms with E-state index in [1.54, 1.807) is 0 Å². The number of ether oxygens (including phenoxy) is 3. The summed E-state index contributed by atoms with van der Waals surface area (Å²) in [6.45, 7) is 11.4. The van der Waals surface area contributed by atoms with Gasteiger partial charge in [0, 0.05) is 17.9 Å². The van der Waals surface area contributed by atoms with Gasteiger partial charge in [-0.2, -0.15) is 0 Å². The van der Waals surface area contributed by atoms with Gasteiger partial charge >= 0.3 is 5.97 Å². The molecule has 1 saturated heterocycles. The van der Waals surface area contributed by atoms with Gasteiger partial charge in [-0.05, 0) is 95.8 Å². The van der Waals surface area contributed by atoms with Crippen LogP contribution >= 0.6 is 0 Å². The summed E-state index contributed by atoms with van der Waals surface area (Å²) in [5.41, 5.74) is -0.557. The molecular weight excluding hydrogens is 688 g/mol. The van der Waals surface area contributed by atoms with Crippen molar-refractivity contribution in [3.8, 4) is 0 Å². The lowest BCUT2D eigenvalue weighted by Gasteiger charge is -2.75. The van der Waals surface area contributed by atoms with Crippen LogP contribution in [0.25, 0.3) is 0 Å². The lowest BCUT2D eigenvalue weighted by atomic mass is 9.29. The predicted octanol–water partition coefficient (Wildman–Crippen LogP) is 4.86. The number of aliphatic carboxylic acids is 1. The monoisotopic (exact) mass is 750 g/mol. The Balaban J connectivity index is 1.23. The summed E-state index contributed by atoms with van der Waals surface area (Å²) in [6.07, 6.45) is 5.40. The quantitative estimate of drug-likeness (QED) is 0.160. The molecule has 1 aromatic carbocycles. The maximum Gasteiger partial charge on any atom is 0.310 e. The highest BCUT2D eigenvalue weighted by atomic mass is 16.7. The third-order valence-electron chi connectivity index (χ3n) is 17.2. The lowest BCUT2D eigenvalue weighted by Crippen LogP contribution is -2.75. The standard InChI is InChI=1S/C44H62O10/c1-39(23-45)15-17-44(38(50)51)18-16-41(3)27(29(44)20-39)13-14-31-42(41,4)19-26-11-12-28-34(52-21-25-9-7-6-8-10-25)36(40(2,24-46)35(26)43(28,31)5)54-37-33(49)32(48)30(47)22-53-37/h6-13,26,28-37,45-49H,14-24H2,1-5H3,(H,50,51). The number of benzene rings is 1. The van der Waals surface area contributed by atoms with E-state index in [4.69, 9.17) is 14.2 Å². The number of fused-ring (bicyclic) bond motifs is 5. The molecule has 1 aromatic rings. The molecule has 0 amide bonds. The molecule has 10 nitrogen and oxygen atoms in total. The fraction of sp³-hybridized carbons (Fsp3) is 0.750. The lowest BCUT2D eigenvalue weighted by molar-refractivity contribution is -0.346. The number of carboxylic acids is 1. The first kappa shape index (κ1) is 38.7.